The van der Waals surface area contributed by atoms with Gasteiger partial charge in [-0.1, -0.05) is 75.8 Å². The lowest BCUT2D eigenvalue weighted by Gasteiger charge is -2.32. The Bertz CT molecular complexity index is 212. The Labute approximate surface area is 98.9 Å². The van der Waals surface area contributed by atoms with Crippen LogP contribution >= 0.6 is 0 Å². The predicted octanol–water partition coefficient (Wildman–Crippen LogP) is 4.41. The van der Waals surface area contributed by atoms with Crippen molar-refractivity contribution in [3.8, 4) is 0 Å². The minimum atomic E-state index is -0.515. The largest absolute Gasteiger partial charge is 0.489 e. The summed E-state index contributed by atoms with van der Waals surface area (Å²) >= 11 is 0. The van der Waals surface area contributed by atoms with Crippen molar-refractivity contribution in [2.75, 3.05) is 0 Å². The van der Waals surface area contributed by atoms with Crippen molar-refractivity contribution in [1.82, 2.24) is 0 Å². The third-order valence-electron chi connectivity index (χ3n) is 4.60. The molecule has 2 fully saturated rings. The second kappa shape index (κ2) is 5.74. The van der Waals surface area contributed by atoms with E-state index in [1.807, 2.05) is 0 Å². The van der Waals surface area contributed by atoms with Crippen LogP contribution in [-0.2, 0) is 0 Å². The van der Waals surface area contributed by atoms with Crippen molar-refractivity contribution in [3.05, 3.63) is 0 Å². The van der Waals surface area contributed by atoms with E-state index in [0.717, 1.165) is 25.7 Å². The third kappa shape index (κ3) is 2.80. The number of rotatable bonds is 3. The van der Waals surface area contributed by atoms with Gasteiger partial charge in [0.2, 0.25) is 5.87 Å². The smallest absolute Gasteiger partial charge is 0.284 e. The first-order valence-electron chi connectivity index (χ1n) is 7.02. The molecule has 0 radical (unpaired) electrons. The molecule has 2 rings (SSSR count). The summed E-state index contributed by atoms with van der Waals surface area (Å²) in [5, 5.41) is 9.48. The summed E-state index contributed by atoms with van der Waals surface area (Å²) in [7, 11) is 0. The zero-order chi connectivity index (χ0) is 11.4. The molecule has 0 amide bonds. The molecule has 2 saturated carbocycles. The molecule has 0 spiro atoms. The molecule has 16 heavy (non-hydrogen) atoms. The van der Waals surface area contributed by atoms with E-state index in [1.54, 1.807) is 0 Å². The summed E-state index contributed by atoms with van der Waals surface area (Å²) in [5.41, 5.74) is 0. The monoisotopic (exact) mass is 222 g/mol. The molecule has 0 saturated heterocycles. The Morgan fingerprint density at radius 1 is 0.812 bits per heavy atom. The molecule has 0 atom stereocenters. The van der Waals surface area contributed by atoms with Gasteiger partial charge in [-0.2, -0.15) is 0 Å². The van der Waals surface area contributed by atoms with Crippen molar-refractivity contribution in [3.63, 3.8) is 0 Å². The summed E-state index contributed by atoms with van der Waals surface area (Å²) in [6.07, 6.45) is 12.3. The summed E-state index contributed by atoms with van der Waals surface area (Å²) in [6.45, 7) is -0.0272. The summed E-state index contributed by atoms with van der Waals surface area (Å²) in [5.74, 6) is 0.447. The van der Waals surface area contributed by atoms with Crippen LogP contribution in [0.15, 0.2) is 0 Å². The van der Waals surface area contributed by atoms with E-state index < -0.39 is 5.87 Å². The average molecular weight is 222 g/mol. The molecule has 2 aliphatic rings. The van der Waals surface area contributed by atoms with Gasteiger partial charge in [-0.25, -0.2) is 0 Å². The van der Waals surface area contributed by atoms with Crippen molar-refractivity contribution >= 4 is 12.6 Å². The fraction of sp³-hybridized carbons (Fsp3) is 0.923. The molecule has 0 unspecified atom stereocenters. The maximum atomic E-state index is 11.5. The molecule has 3 heteroatoms. The molecule has 0 heterocycles. The lowest BCUT2D eigenvalue weighted by atomic mass is 9.30. The number of hydrogen-bond donors (Lipinski definition) is 1. The van der Waals surface area contributed by atoms with Gasteiger partial charge in [0.1, 0.15) is 0 Å². The van der Waals surface area contributed by atoms with E-state index >= 15 is 0 Å². The maximum absolute atomic E-state index is 11.5. The molecule has 2 nitrogen and oxygen atoms in total. The Morgan fingerprint density at radius 3 is 1.50 bits per heavy atom. The molecule has 0 aliphatic heterocycles. The van der Waals surface area contributed by atoms with E-state index in [0.29, 0.717) is 11.6 Å². The maximum Gasteiger partial charge on any atom is 0.284 e. The molecule has 1 N–H and O–H groups in total. The van der Waals surface area contributed by atoms with Gasteiger partial charge < -0.3 is 5.11 Å². The van der Waals surface area contributed by atoms with E-state index in [9.17, 15) is 9.90 Å². The first-order chi connectivity index (χ1) is 7.79. The van der Waals surface area contributed by atoms with Crippen molar-refractivity contribution in [1.29, 1.82) is 0 Å². The quantitative estimate of drug-likeness (QED) is 0.718. The van der Waals surface area contributed by atoms with E-state index in [-0.39, 0.29) is 6.71 Å². The highest BCUT2D eigenvalue weighted by Crippen LogP contribution is 2.41. The van der Waals surface area contributed by atoms with Crippen LogP contribution in [0.3, 0.4) is 0 Å². The molecular weight excluding hydrogens is 199 g/mol. The van der Waals surface area contributed by atoms with E-state index in [2.05, 4.69) is 0 Å². The average Bonchev–Trinajstić information content (AvgIpc) is 2.31. The molecule has 0 aromatic heterocycles. The van der Waals surface area contributed by atoms with Gasteiger partial charge in [0.25, 0.3) is 6.71 Å². The van der Waals surface area contributed by atoms with Gasteiger partial charge >= 0.3 is 0 Å². The van der Waals surface area contributed by atoms with Crippen LogP contribution in [-0.4, -0.2) is 17.7 Å². The van der Waals surface area contributed by atoms with Gasteiger partial charge in [-0.3, -0.25) is 4.79 Å². The highest BCUT2D eigenvalue weighted by Gasteiger charge is 2.40. The second-order valence-corrected chi connectivity index (χ2v) is 5.66. The van der Waals surface area contributed by atoms with Gasteiger partial charge in [-0.05, 0) is 0 Å². The Morgan fingerprint density at radius 2 is 1.19 bits per heavy atom. The molecule has 2 aliphatic carbocycles. The predicted molar refractivity (Wildman–Crippen MR) is 67.4 cm³/mol. The SMILES string of the molecule is O=C(O)B(C1CCCCC1)C1CCCCC1. The lowest BCUT2D eigenvalue weighted by molar-refractivity contribution is 0.217. The topological polar surface area (TPSA) is 37.3 Å². The molecular formula is C13H23BO2. The number of carbonyl (C=O) groups is 1. The second-order valence-electron chi connectivity index (χ2n) is 5.66. The highest BCUT2D eigenvalue weighted by molar-refractivity contribution is 6.90. The first-order valence-corrected chi connectivity index (χ1v) is 7.02. The van der Waals surface area contributed by atoms with Crippen LogP contribution in [0.1, 0.15) is 64.2 Å². The van der Waals surface area contributed by atoms with Crippen LogP contribution < -0.4 is 0 Å². The van der Waals surface area contributed by atoms with Crippen molar-refractivity contribution in [2.45, 2.75) is 75.8 Å². The molecule has 0 aromatic rings. The third-order valence-corrected chi connectivity index (χ3v) is 4.60. The van der Waals surface area contributed by atoms with Crippen LogP contribution in [0, 0.1) is 0 Å². The fourth-order valence-electron chi connectivity index (χ4n) is 3.77. The lowest BCUT2D eigenvalue weighted by Crippen LogP contribution is -2.37. The van der Waals surface area contributed by atoms with Crippen molar-refractivity contribution in [2.24, 2.45) is 0 Å². The van der Waals surface area contributed by atoms with E-state index in [1.165, 1.54) is 38.5 Å². The first kappa shape index (κ1) is 12.0. The highest BCUT2D eigenvalue weighted by atomic mass is 16.4. The van der Waals surface area contributed by atoms with Gasteiger partial charge in [0.15, 0.2) is 0 Å². The minimum Gasteiger partial charge on any atom is -0.489 e. The summed E-state index contributed by atoms with van der Waals surface area (Å²) in [6, 6.07) is 0. The van der Waals surface area contributed by atoms with Gasteiger partial charge in [0.05, 0.1) is 0 Å². The zero-order valence-corrected chi connectivity index (χ0v) is 10.2. The molecule has 0 aromatic carbocycles. The number of hydrogen-bond acceptors (Lipinski definition) is 1. The Kier molecular flexibility index (Phi) is 4.31. The zero-order valence-electron chi connectivity index (χ0n) is 10.2. The minimum absolute atomic E-state index is 0.0272. The molecule has 90 valence electrons. The molecule has 0 bridgehead atoms. The van der Waals surface area contributed by atoms with Crippen molar-refractivity contribution < 1.29 is 9.90 Å². The van der Waals surface area contributed by atoms with Crippen LogP contribution in [0.2, 0.25) is 11.6 Å². The summed E-state index contributed by atoms with van der Waals surface area (Å²) < 4.78 is 0. The van der Waals surface area contributed by atoms with Crippen LogP contribution in [0.5, 0.6) is 0 Å². The normalized spacial score (nSPS) is 24.2. The fourth-order valence-corrected chi connectivity index (χ4v) is 3.77. The van der Waals surface area contributed by atoms with Crippen LogP contribution in [0.4, 0.5) is 4.79 Å². The number of carboxylic acid groups (broad SMARTS) is 1. The Balaban J connectivity index is 1.99. The van der Waals surface area contributed by atoms with E-state index in [4.69, 9.17) is 0 Å². The standard InChI is InChI=1S/C13H23BO2/c15-13(16)14(11-7-3-1-4-8-11)12-9-5-2-6-10-12/h11-12H,1-10H2,(H,15,16). The van der Waals surface area contributed by atoms with Gasteiger partial charge in [-0.15, -0.1) is 0 Å². The van der Waals surface area contributed by atoms with Crippen LogP contribution in [0.25, 0.3) is 0 Å². The van der Waals surface area contributed by atoms with Gasteiger partial charge in [0, 0.05) is 0 Å². The summed E-state index contributed by atoms with van der Waals surface area (Å²) in [4.78, 5) is 11.5. The Hall–Kier alpha value is -0.465.